The van der Waals surface area contributed by atoms with Crippen molar-refractivity contribution in [3.63, 3.8) is 0 Å². The Morgan fingerprint density at radius 3 is 2.80 bits per heavy atom. The predicted octanol–water partition coefficient (Wildman–Crippen LogP) is 3.72. The highest BCUT2D eigenvalue weighted by molar-refractivity contribution is 7.16. The number of hydrogen-bond acceptors (Lipinski definition) is 5. The molecule has 5 nitrogen and oxygen atoms in total. The van der Waals surface area contributed by atoms with Gasteiger partial charge in [0.05, 0.1) is 11.0 Å². The van der Waals surface area contributed by atoms with E-state index in [1.807, 2.05) is 11.9 Å². The van der Waals surface area contributed by atoms with Gasteiger partial charge in [-0.05, 0) is 25.7 Å². The molecule has 112 valence electrons. The zero-order valence-electron chi connectivity index (χ0n) is 12.2. The van der Waals surface area contributed by atoms with E-state index in [-0.39, 0.29) is 10.6 Å². The van der Waals surface area contributed by atoms with Crippen LogP contribution in [0.4, 0.5) is 10.7 Å². The van der Waals surface area contributed by atoms with Gasteiger partial charge in [0.15, 0.2) is 5.00 Å². The molecule has 0 radical (unpaired) electrons. The fraction of sp³-hybridized carbons (Fsp3) is 0.714. The zero-order chi connectivity index (χ0) is 14.9. The normalized spacial score (nSPS) is 24.4. The van der Waals surface area contributed by atoms with Gasteiger partial charge < -0.3 is 10.0 Å². The van der Waals surface area contributed by atoms with Crippen LogP contribution >= 0.6 is 11.3 Å². The van der Waals surface area contributed by atoms with Gasteiger partial charge in [0.1, 0.15) is 0 Å². The number of aliphatic hydroxyl groups excluding tert-OH is 1. The molecule has 1 aromatic heterocycles. The van der Waals surface area contributed by atoms with Gasteiger partial charge in [-0.3, -0.25) is 10.1 Å². The Bertz CT molecular complexity index is 487. The molecule has 0 bridgehead atoms. The number of hydrogen-bond donors (Lipinski definition) is 1. The van der Waals surface area contributed by atoms with E-state index in [1.54, 1.807) is 6.92 Å². The van der Waals surface area contributed by atoms with Crippen molar-refractivity contribution >= 4 is 22.0 Å². The van der Waals surface area contributed by atoms with Crippen molar-refractivity contribution in [1.29, 1.82) is 0 Å². The molecular weight excluding hydrogens is 276 g/mol. The second-order valence-electron chi connectivity index (χ2n) is 5.81. The number of thiophene rings is 1. The first-order valence-corrected chi connectivity index (χ1v) is 7.90. The van der Waals surface area contributed by atoms with E-state index in [2.05, 4.69) is 6.92 Å². The van der Waals surface area contributed by atoms with Gasteiger partial charge in [0.2, 0.25) is 0 Å². The first-order valence-electron chi connectivity index (χ1n) is 7.09. The third-order valence-electron chi connectivity index (χ3n) is 4.10. The van der Waals surface area contributed by atoms with Crippen LogP contribution in [-0.4, -0.2) is 23.1 Å². The van der Waals surface area contributed by atoms with Gasteiger partial charge in [-0.2, -0.15) is 0 Å². The maximum atomic E-state index is 11.2. The lowest BCUT2D eigenvalue weighted by Crippen LogP contribution is -2.35. The molecule has 1 fully saturated rings. The zero-order valence-corrected chi connectivity index (χ0v) is 13.0. The summed E-state index contributed by atoms with van der Waals surface area (Å²) in [4.78, 5) is 13.6. The summed E-state index contributed by atoms with van der Waals surface area (Å²) in [6.07, 6.45) is 3.93. The molecule has 0 amide bonds. The molecule has 0 spiro atoms. The first-order chi connectivity index (χ1) is 9.40. The smallest absolute Gasteiger partial charge is 0.304 e. The van der Waals surface area contributed by atoms with Gasteiger partial charge in [0.25, 0.3) is 0 Å². The summed E-state index contributed by atoms with van der Waals surface area (Å²) >= 11 is 1.33. The van der Waals surface area contributed by atoms with Crippen molar-refractivity contribution in [2.45, 2.75) is 51.7 Å². The van der Waals surface area contributed by atoms with Crippen LogP contribution in [-0.2, 0) is 0 Å². The lowest BCUT2D eigenvalue weighted by Gasteiger charge is -2.34. The second-order valence-corrected chi connectivity index (χ2v) is 6.87. The fourth-order valence-corrected chi connectivity index (χ4v) is 3.99. The van der Waals surface area contributed by atoms with Crippen molar-refractivity contribution in [1.82, 2.24) is 0 Å². The topological polar surface area (TPSA) is 66.6 Å². The standard InChI is InChI=1S/C14H22N2O3S/c1-9-5-4-6-11(7-9)15(3)14-12(16(18)19)8-13(20-14)10(2)17/h8-11,17H,4-7H2,1-3H3. The summed E-state index contributed by atoms with van der Waals surface area (Å²) in [5, 5.41) is 21.5. The highest BCUT2D eigenvalue weighted by atomic mass is 32.1. The average Bonchev–Trinajstić information content (AvgIpc) is 2.83. The van der Waals surface area contributed by atoms with Gasteiger partial charge in [-0.25, -0.2) is 0 Å². The first kappa shape index (κ1) is 15.3. The molecule has 1 aromatic rings. The molecule has 1 aliphatic rings. The monoisotopic (exact) mass is 298 g/mol. The number of rotatable bonds is 4. The van der Waals surface area contributed by atoms with E-state index in [0.29, 0.717) is 21.8 Å². The molecule has 0 aliphatic heterocycles. The largest absolute Gasteiger partial charge is 0.388 e. The van der Waals surface area contributed by atoms with Crippen LogP contribution in [0.15, 0.2) is 6.07 Å². The van der Waals surface area contributed by atoms with Gasteiger partial charge in [-0.1, -0.05) is 19.8 Å². The van der Waals surface area contributed by atoms with E-state index < -0.39 is 6.10 Å². The number of anilines is 1. The van der Waals surface area contributed by atoms with Crippen LogP contribution in [0.2, 0.25) is 0 Å². The van der Waals surface area contributed by atoms with Crippen LogP contribution in [0.3, 0.4) is 0 Å². The summed E-state index contributed by atoms with van der Waals surface area (Å²) in [7, 11) is 1.94. The Morgan fingerprint density at radius 2 is 2.25 bits per heavy atom. The summed E-state index contributed by atoms with van der Waals surface area (Å²) in [5.74, 6) is 0.673. The predicted molar refractivity (Wildman–Crippen MR) is 81.4 cm³/mol. The average molecular weight is 298 g/mol. The minimum absolute atomic E-state index is 0.117. The Hall–Kier alpha value is -1.14. The summed E-state index contributed by atoms with van der Waals surface area (Å²) in [6, 6.07) is 1.87. The van der Waals surface area contributed by atoms with Crippen LogP contribution in [0.25, 0.3) is 0 Å². The van der Waals surface area contributed by atoms with Crippen molar-refractivity contribution in [3.8, 4) is 0 Å². The Kier molecular flexibility index (Phi) is 4.65. The SMILES string of the molecule is CC1CCCC(N(C)c2sc(C(C)O)cc2[N+](=O)[O-])C1. The Morgan fingerprint density at radius 1 is 1.55 bits per heavy atom. The highest BCUT2D eigenvalue weighted by Crippen LogP contribution is 2.42. The van der Waals surface area contributed by atoms with E-state index in [0.717, 1.165) is 12.8 Å². The Labute approximate surface area is 123 Å². The van der Waals surface area contributed by atoms with Crippen LogP contribution in [0, 0.1) is 16.0 Å². The molecule has 0 aromatic carbocycles. The molecular formula is C14H22N2O3S. The number of nitro groups is 1. The molecule has 1 heterocycles. The fourth-order valence-electron chi connectivity index (χ4n) is 2.90. The molecule has 3 atom stereocenters. The lowest BCUT2D eigenvalue weighted by molar-refractivity contribution is -0.383. The minimum atomic E-state index is -0.661. The third-order valence-corrected chi connectivity index (χ3v) is 5.48. The van der Waals surface area contributed by atoms with Crippen molar-refractivity contribution in [2.24, 2.45) is 5.92 Å². The van der Waals surface area contributed by atoms with Crippen LogP contribution in [0.5, 0.6) is 0 Å². The summed E-state index contributed by atoms with van der Waals surface area (Å²) in [6.45, 7) is 3.88. The van der Waals surface area contributed by atoms with Crippen molar-refractivity contribution < 1.29 is 10.0 Å². The molecule has 20 heavy (non-hydrogen) atoms. The van der Waals surface area contributed by atoms with Crippen LogP contribution in [0.1, 0.15) is 50.5 Å². The van der Waals surface area contributed by atoms with Crippen molar-refractivity contribution in [2.75, 3.05) is 11.9 Å². The number of aliphatic hydroxyl groups is 1. The molecule has 6 heteroatoms. The number of nitrogens with zero attached hydrogens (tertiary/aromatic N) is 2. The molecule has 2 rings (SSSR count). The van der Waals surface area contributed by atoms with E-state index in [9.17, 15) is 15.2 Å². The van der Waals surface area contributed by atoms with Gasteiger partial charge >= 0.3 is 5.69 Å². The van der Waals surface area contributed by atoms with E-state index in [1.165, 1.54) is 30.2 Å². The van der Waals surface area contributed by atoms with E-state index >= 15 is 0 Å². The lowest BCUT2D eigenvalue weighted by atomic mass is 9.86. The molecule has 1 aliphatic carbocycles. The van der Waals surface area contributed by atoms with Crippen LogP contribution < -0.4 is 4.90 Å². The summed E-state index contributed by atoms with van der Waals surface area (Å²) < 4.78 is 0. The van der Waals surface area contributed by atoms with Crippen molar-refractivity contribution in [3.05, 3.63) is 21.1 Å². The second kappa shape index (κ2) is 6.10. The molecule has 0 saturated heterocycles. The van der Waals surface area contributed by atoms with E-state index in [4.69, 9.17) is 0 Å². The van der Waals surface area contributed by atoms with Gasteiger partial charge in [0, 0.05) is 24.0 Å². The Balaban J connectivity index is 2.27. The highest BCUT2D eigenvalue weighted by Gasteiger charge is 2.29. The third kappa shape index (κ3) is 3.12. The maximum absolute atomic E-state index is 11.2. The maximum Gasteiger partial charge on any atom is 0.304 e. The van der Waals surface area contributed by atoms with Gasteiger partial charge in [-0.15, -0.1) is 11.3 Å². The molecule has 1 N–H and O–H groups in total. The minimum Gasteiger partial charge on any atom is -0.388 e. The molecule has 3 unspecified atom stereocenters. The molecule has 1 saturated carbocycles. The quantitative estimate of drug-likeness (QED) is 0.679. The summed E-state index contributed by atoms with van der Waals surface area (Å²) in [5.41, 5.74) is 0.117.